The standard InChI is InChI=1S/C15H20N4O/c1-3-12(2)15(20)17-8-13-4-6-14(7-5-13)9-19-11-16-10-18-19/h4-7,10-12H,3,8-9H2,1-2H3,(H,17,20). The molecule has 0 radical (unpaired) electrons. The number of hydrogen-bond acceptors (Lipinski definition) is 3. The lowest BCUT2D eigenvalue weighted by Gasteiger charge is -2.10. The van der Waals surface area contributed by atoms with Crippen molar-refractivity contribution in [2.75, 3.05) is 0 Å². The number of carbonyl (C=O) groups is 1. The topological polar surface area (TPSA) is 59.8 Å². The molecule has 1 atom stereocenters. The quantitative estimate of drug-likeness (QED) is 0.875. The number of benzene rings is 1. The maximum Gasteiger partial charge on any atom is 0.223 e. The Hall–Kier alpha value is -2.17. The monoisotopic (exact) mass is 272 g/mol. The maximum absolute atomic E-state index is 11.7. The van der Waals surface area contributed by atoms with Gasteiger partial charge in [-0.2, -0.15) is 5.10 Å². The van der Waals surface area contributed by atoms with Gasteiger partial charge in [0.25, 0.3) is 0 Å². The van der Waals surface area contributed by atoms with E-state index >= 15 is 0 Å². The predicted octanol–water partition coefficient (Wildman–Crippen LogP) is 1.99. The highest BCUT2D eigenvalue weighted by molar-refractivity contribution is 5.78. The molecule has 0 aliphatic rings. The Morgan fingerprint density at radius 2 is 2.00 bits per heavy atom. The third-order valence-corrected chi connectivity index (χ3v) is 3.36. The molecule has 106 valence electrons. The first-order valence-corrected chi connectivity index (χ1v) is 6.87. The molecule has 1 aromatic carbocycles. The zero-order valence-corrected chi connectivity index (χ0v) is 11.9. The lowest BCUT2D eigenvalue weighted by atomic mass is 10.1. The second-order valence-electron chi connectivity index (χ2n) is 4.94. The van der Waals surface area contributed by atoms with Crippen LogP contribution in [0.2, 0.25) is 0 Å². The molecule has 1 N–H and O–H groups in total. The van der Waals surface area contributed by atoms with Gasteiger partial charge in [-0.25, -0.2) is 9.67 Å². The van der Waals surface area contributed by atoms with Gasteiger partial charge in [0.2, 0.25) is 5.91 Å². The van der Waals surface area contributed by atoms with E-state index in [1.807, 2.05) is 38.1 Å². The first-order chi connectivity index (χ1) is 9.69. The SMILES string of the molecule is CCC(C)C(=O)NCc1ccc(Cn2cncn2)cc1. The smallest absolute Gasteiger partial charge is 0.223 e. The van der Waals surface area contributed by atoms with Gasteiger partial charge in [-0.15, -0.1) is 0 Å². The van der Waals surface area contributed by atoms with E-state index in [0.717, 1.165) is 17.5 Å². The van der Waals surface area contributed by atoms with E-state index in [-0.39, 0.29) is 11.8 Å². The van der Waals surface area contributed by atoms with Gasteiger partial charge < -0.3 is 5.32 Å². The molecule has 2 rings (SSSR count). The molecule has 1 heterocycles. The van der Waals surface area contributed by atoms with Gasteiger partial charge in [-0.3, -0.25) is 4.79 Å². The molecule has 5 nitrogen and oxygen atoms in total. The number of nitrogens with zero attached hydrogens (tertiary/aromatic N) is 3. The molecule has 2 aromatic rings. The van der Waals surface area contributed by atoms with Crippen LogP contribution in [0, 0.1) is 5.92 Å². The highest BCUT2D eigenvalue weighted by Crippen LogP contribution is 2.07. The number of carbonyl (C=O) groups excluding carboxylic acids is 1. The van der Waals surface area contributed by atoms with Crippen LogP contribution in [0.1, 0.15) is 31.4 Å². The molecule has 1 unspecified atom stereocenters. The Morgan fingerprint density at radius 1 is 1.30 bits per heavy atom. The summed E-state index contributed by atoms with van der Waals surface area (Å²) >= 11 is 0. The van der Waals surface area contributed by atoms with E-state index in [1.54, 1.807) is 11.0 Å². The number of nitrogens with one attached hydrogen (secondary N) is 1. The minimum absolute atomic E-state index is 0.0709. The summed E-state index contributed by atoms with van der Waals surface area (Å²) in [6.07, 6.45) is 4.09. The second-order valence-corrected chi connectivity index (χ2v) is 4.94. The summed E-state index contributed by atoms with van der Waals surface area (Å²) in [4.78, 5) is 15.6. The molecule has 1 aromatic heterocycles. The van der Waals surface area contributed by atoms with Crippen LogP contribution in [0.3, 0.4) is 0 Å². The van der Waals surface area contributed by atoms with Crippen molar-refractivity contribution in [3.05, 3.63) is 48.0 Å². The van der Waals surface area contributed by atoms with Crippen molar-refractivity contribution >= 4 is 5.91 Å². The van der Waals surface area contributed by atoms with Crippen molar-refractivity contribution in [2.45, 2.75) is 33.4 Å². The first kappa shape index (κ1) is 14.2. The molecule has 5 heteroatoms. The van der Waals surface area contributed by atoms with Crippen LogP contribution in [-0.2, 0) is 17.9 Å². The van der Waals surface area contributed by atoms with E-state index in [2.05, 4.69) is 15.4 Å². The van der Waals surface area contributed by atoms with E-state index in [0.29, 0.717) is 13.1 Å². The van der Waals surface area contributed by atoms with Crippen LogP contribution in [0.5, 0.6) is 0 Å². The molecule has 0 aliphatic heterocycles. The van der Waals surface area contributed by atoms with E-state index in [1.165, 1.54) is 6.33 Å². The second kappa shape index (κ2) is 6.84. The van der Waals surface area contributed by atoms with Gasteiger partial charge in [-0.1, -0.05) is 38.1 Å². The highest BCUT2D eigenvalue weighted by Gasteiger charge is 2.09. The molecular weight excluding hydrogens is 252 g/mol. The van der Waals surface area contributed by atoms with Crippen LogP contribution >= 0.6 is 0 Å². The van der Waals surface area contributed by atoms with Gasteiger partial charge in [0.15, 0.2) is 0 Å². The fourth-order valence-electron chi connectivity index (χ4n) is 1.81. The fraction of sp³-hybridized carbons (Fsp3) is 0.400. The molecule has 0 saturated carbocycles. The highest BCUT2D eigenvalue weighted by atomic mass is 16.1. The minimum atomic E-state index is 0.0709. The summed E-state index contributed by atoms with van der Waals surface area (Å²) in [6, 6.07) is 8.16. The van der Waals surface area contributed by atoms with E-state index in [9.17, 15) is 4.79 Å². The van der Waals surface area contributed by atoms with Crippen LogP contribution in [0.15, 0.2) is 36.9 Å². The Morgan fingerprint density at radius 3 is 2.60 bits per heavy atom. The summed E-state index contributed by atoms with van der Waals surface area (Å²) < 4.78 is 1.78. The normalized spacial score (nSPS) is 12.1. The van der Waals surface area contributed by atoms with Crippen molar-refractivity contribution in [3.63, 3.8) is 0 Å². The van der Waals surface area contributed by atoms with Gasteiger partial charge in [0.05, 0.1) is 6.54 Å². The fourth-order valence-corrected chi connectivity index (χ4v) is 1.81. The van der Waals surface area contributed by atoms with Crippen molar-refractivity contribution in [2.24, 2.45) is 5.92 Å². The van der Waals surface area contributed by atoms with Crippen LogP contribution in [0.25, 0.3) is 0 Å². The summed E-state index contributed by atoms with van der Waals surface area (Å²) in [5, 5.41) is 7.02. The largest absolute Gasteiger partial charge is 0.352 e. The first-order valence-electron chi connectivity index (χ1n) is 6.87. The Kier molecular flexibility index (Phi) is 4.87. The zero-order valence-electron chi connectivity index (χ0n) is 11.9. The maximum atomic E-state index is 11.7. The molecule has 20 heavy (non-hydrogen) atoms. The van der Waals surface area contributed by atoms with E-state index in [4.69, 9.17) is 0 Å². The van der Waals surface area contributed by atoms with Gasteiger partial charge in [0, 0.05) is 12.5 Å². The third-order valence-electron chi connectivity index (χ3n) is 3.36. The minimum Gasteiger partial charge on any atom is -0.352 e. The van der Waals surface area contributed by atoms with Crippen molar-refractivity contribution < 1.29 is 4.79 Å². The predicted molar refractivity (Wildman–Crippen MR) is 76.9 cm³/mol. The summed E-state index contributed by atoms with van der Waals surface area (Å²) in [5.41, 5.74) is 2.26. The zero-order chi connectivity index (χ0) is 14.4. The average Bonchev–Trinajstić information content (AvgIpc) is 2.98. The summed E-state index contributed by atoms with van der Waals surface area (Å²) in [6.45, 7) is 5.24. The third kappa shape index (κ3) is 3.91. The summed E-state index contributed by atoms with van der Waals surface area (Å²) in [5.74, 6) is 0.181. The van der Waals surface area contributed by atoms with Crippen LogP contribution in [-0.4, -0.2) is 20.7 Å². The molecule has 0 aliphatic carbocycles. The van der Waals surface area contributed by atoms with E-state index < -0.39 is 0 Å². The molecular formula is C15H20N4O. The summed E-state index contributed by atoms with van der Waals surface area (Å²) in [7, 11) is 0. The Bertz CT molecular complexity index is 534. The van der Waals surface area contributed by atoms with Crippen molar-refractivity contribution in [1.29, 1.82) is 0 Å². The molecule has 0 saturated heterocycles. The molecule has 0 bridgehead atoms. The van der Waals surface area contributed by atoms with Crippen LogP contribution in [0.4, 0.5) is 0 Å². The van der Waals surface area contributed by atoms with Crippen molar-refractivity contribution in [3.8, 4) is 0 Å². The Labute approximate surface area is 119 Å². The number of hydrogen-bond donors (Lipinski definition) is 1. The number of amides is 1. The lowest BCUT2D eigenvalue weighted by molar-refractivity contribution is -0.124. The Balaban J connectivity index is 1.87. The molecule has 0 spiro atoms. The molecule has 0 fully saturated rings. The van der Waals surface area contributed by atoms with Gasteiger partial charge in [-0.05, 0) is 17.5 Å². The number of rotatable bonds is 6. The van der Waals surface area contributed by atoms with Gasteiger partial charge in [0.1, 0.15) is 12.7 Å². The number of aromatic nitrogens is 3. The average molecular weight is 272 g/mol. The van der Waals surface area contributed by atoms with Crippen LogP contribution < -0.4 is 5.32 Å². The molecule has 1 amide bonds. The van der Waals surface area contributed by atoms with Crippen molar-refractivity contribution in [1.82, 2.24) is 20.1 Å². The van der Waals surface area contributed by atoms with Gasteiger partial charge >= 0.3 is 0 Å². The lowest BCUT2D eigenvalue weighted by Crippen LogP contribution is -2.28.